The summed E-state index contributed by atoms with van der Waals surface area (Å²) >= 11 is 0. The number of pyridine rings is 1. The lowest BCUT2D eigenvalue weighted by molar-refractivity contribution is -0.0302. The van der Waals surface area contributed by atoms with Gasteiger partial charge in [-0.05, 0) is 36.6 Å². The van der Waals surface area contributed by atoms with Crippen molar-refractivity contribution < 1.29 is 13.6 Å². The summed E-state index contributed by atoms with van der Waals surface area (Å²) in [7, 11) is 1.76. The fraction of sp³-hybridized carbons (Fsp3) is 0.333. The number of alkyl halides is 2. The summed E-state index contributed by atoms with van der Waals surface area (Å²) in [5, 5.41) is 11.1. The lowest BCUT2D eigenvalue weighted by Crippen LogP contribution is -2.25. The molecule has 1 amide bonds. The molecule has 2 aliphatic rings. The molecule has 1 N–H and O–H groups in total. The first kappa shape index (κ1) is 18.7. The SMILES string of the molecule is CN1Cc2cccc(Nc3cccc(-c4nncn4[C@H]4CCCC4(F)F)n3)c2C1=O. The van der Waals surface area contributed by atoms with E-state index in [1.54, 1.807) is 30.1 Å². The monoisotopic (exact) mass is 410 g/mol. The van der Waals surface area contributed by atoms with Gasteiger partial charge in [-0.2, -0.15) is 0 Å². The second kappa shape index (κ2) is 6.86. The van der Waals surface area contributed by atoms with E-state index in [4.69, 9.17) is 0 Å². The van der Waals surface area contributed by atoms with Gasteiger partial charge in [-0.15, -0.1) is 10.2 Å². The lowest BCUT2D eigenvalue weighted by atomic mass is 10.1. The van der Waals surface area contributed by atoms with Crippen LogP contribution in [0, 0.1) is 0 Å². The highest BCUT2D eigenvalue weighted by Gasteiger charge is 2.46. The van der Waals surface area contributed by atoms with Crippen LogP contribution in [0.2, 0.25) is 0 Å². The predicted octanol–water partition coefficient (Wildman–Crippen LogP) is 4.03. The Balaban J connectivity index is 1.48. The summed E-state index contributed by atoms with van der Waals surface area (Å²) in [6.45, 7) is 0.565. The van der Waals surface area contributed by atoms with Crippen LogP contribution in [0.4, 0.5) is 20.3 Å². The molecule has 0 spiro atoms. The van der Waals surface area contributed by atoms with E-state index < -0.39 is 12.0 Å². The number of carbonyl (C=O) groups is 1. The minimum absolute atomic E-state index is 0.0486. The predicted molar refractivity (Wildman–Crippen MR) is 107 cm³/mol. The summed E-state index contributed by atoms with van der Waals surface area (Å²) in [5.41, 5.74) is 2.68. The van der Waals surface area contributed by atoms with E-state index in [0.29, 0.717) is 48.0 Å². The molecule has 1 saturated carbocycles. The van der Waals surface area contributed by atoms with Gasteiger partial charge in [-0.1, -0.05) is 18.2 Å². The Morgan fingerprint density at radius 2 is 2.03 bits per heavy atom. The van der Waals surface area contributed by atoms with Crippen molar-refractivity contribution in [1.29, 1.82) is 0 Å². The number of fused-ring (bicyclic) bond motifs is 1. The highest BCUT2D eigenvalue weighted by atomic mass is 19.3. The van der Waals surface area contributed by atoms with Gasteiger partial charge in [0, 0.05) is 20.0 Å². The number of anilines is 2. The standard InChI is InChI=1S/C21H20F2N6O/c1-28-11-13-5-2-6-14(18(13)20(28)30)25-17-9-3-7-15(26-17)19-27-24-12-29(19)16-8-4-10-21(16,22)23/h2-3,5-7,9,12,16H,4,8,10-11H2,1H3,(H,25,26)/t16-/m0/s1. The molecular weight excluding hydrogens is 390 g/mol. The molecule has 3 aromatic rings. The normalized spacial score (nSPS) is 19.9. The fourth-order valence-corrected chi connectivity index (χ4v) is 4.28. The van der Waals surface area contributed by atoms with E-state index in [0.717, 1.165) is 5.56 Å². The molecule has 154 valence electrons. The first-order valence-corrected chi connectivity index (χ1v) is 9.83. The first-order chi connectivity index (χ1) is 14.4. The van der Waals surface area contributed by atoms with E-state index in [1.807, 2.05) is 18.2 Å². The first-order valence-electron chi connectivity index (χ1n) is 9.83. The van der Waals surface area contributed by atoms with Crippen molar-refractivity contribution in [3.8, 4) is 11.5 Å². The van der Waals surface area contributed by atoms with Gasteiger partial charge in [0.1, 0.15) is 23.9 Å². The number of hydrogen-bond donors (Lipinski definition) is 1. The quantitative estimate of drug-likeness (QED) is 0.703. The molecule has 1 fully saturated rings. The van der Waals surface area contributed by atoms with Crippen molar-refractivity contribution in [3.63, 3.8) is 0 Å². The minimum Gasteiger partial charge on any atom is -0.340 e. The maximum atomic E-state index is 14.3. The Hall–Kier alpha value is -3.36. The number of benzene rings is 1. The molecule has 0 unspecified atom stereocenters. The smallest absolute Gasteiger partial charge is 0.268 e. The van der Waals surface area contributed by atoms with Gasteiger partial charge in [-0.3, -0.25) is 4.79 Å². The van der Waals surface area contributed by atoms with Crippen molar-refractivity contribution in [3.05, 3.63) is 53.9 Å². The van der Waals surface area contributed by atoms with Crippen LogP contribution in [0.15, 0.2) is 42.7 Å². The van der Waals surface area contributed by atoms with Gasteiger partial charge in [-0.25, -0.2) is 13.8 Å². The van der Waals surface area contributed by atoms with Gasteiger partial charge in [0.2, 0.25) is 0 Å². The molecule has 1 atom stereocenters. The van der Waals surface area contributed by atoms with Crippen LogP contribution in [-0.4, -0.2) is 43.5 Å². The third-order valence-corrected chi connectivity index (χ3v) is 5.74. The lowest BCUT2D eigenvalue weighted by Gasteiger charge is -2.21. The van der Waals surface area contributed by atoms with Crippen LogP contribution in [-0.2, 0) is 6.54 Å². The van der Waals surface area contributed by atoms with Gasteiger partial charge in [0.15, 0.2) is 5.82 Å². The van der Waals surface area contributed by atoms with Crippen LogP contribution in [0.3, 0.4) is 0 Å². The molecule has 1 aliphatic carbocycles. The molecule has 1 aromatic carbocycles. The molecule has 2 aromatic heterocycles. The molecule has 5 rings (SSSR count). The number of nitrogens with zero attached hydrogens (tertiary/aromatic N) is 5. The summed E-state index contributed by atoms with van der Waals surface area (Å²) in [4.78, 5) is 18.7. The Kier molecular flexibility index (Phi) is 4.27. The van der Waals surface area contributed by atoms with Crippen LogP contribution in [0.5, 0.6) is 0 Å². The van der Waals surface area contributed by atoms with Gasteiger partial charge < -0.3 is 14.8 Å². The average Bonchev–Trinajstić information content (AvgIpc) is 3.40. The molecular formula is C21H20F2N6O. The maximum absolute atomic E-state index is 14.3. The Morgan fingerprint density at radius 1 is 1.20 bits per heavy atom. The number of hydrogen-bond acceptors (Lipinski definition) is 5. The number of halogens is 2. The zero-order valence-corrected chi connectivity index (χ0v) is 16.3. The topological polar surface area (TPSA) is 75.9 Å². The molecule has 7 nitrogen and oxygen atoms in total. The zero-order valence-electron chi connectivity index (χ0n) is 16.3. The molecule has 3 heterocycles. The highest BCUT2D eigenvalue weighted by molar-refractivity contribution is 6.03. The second-order valence-electron chi connectivity index (χ2n) is 7.76. The fourth-order valence-electron chi connectivity index (χ4n) is 4.28. The second-order valence-corrected chi connectivity index (χ2v) is 7.76. The van der Waals surface area contributed by atoms with Crippen LogP contribution < -0.4 is 5.32 Å². The molecule has 0 radical (unpaired) electrons. The summed E-state index contributed by atoms with van der Waals surface area (Å²) in [5.74, 6) is -2.04. The molecule has 0 saturated heterocycles. The molecule has 30 heavy (non-hydrogen) atoms. The summed E-state index contributed by atoms with van der Waals surface area (Å²) in [6, 6.07) is 9.92. The van der Waals surface area contributed by atoms with E-state index in [1.165, 1.54) is 10.9 Å². The zero-order chi connectivity index (χ0) is 20.9. The number of carbonyl (C=O) groups excluding carboxylic acids is 1. The Morgan fingerprint density at radius 3 is 2.83 bits per heavy atom. The van der Waals surface area contributed by atoms with Gasteiger partial charge in [0.05, 0.1) is 11.3 Å². The number of amides is 1. The van der Waals surface area contributed by atoms with E-state index in [2.05, 4.69) is 20.5 Å². The minimum atomic E-state index is -2.79. The Bertz CT molecular complexity index is 1130. The number of aromatic nitrogens is 4. The number of rotatable bonds is 4. The average molecular weight is 410 g/mol. The van der Waals surface area contributed by atoms with Gasteiger partial charge in [0.25, 0.3) is 11.8 Å². The third-order valence-electron chi connectivity index (χ3n) is 5.74. The van der Waals surface area contributed by atoms with Crippen molar-refractivity contribution in [2.24, 2.45) is 0 Å². The highest BCUT2D eigenvalue weighted by Crippen LogP contribution is 2.44. The van der Waals surface area contributed by atoms with Crippen molar-refractivity contribution in [1.82, 2.24) is 24.6 Å². The molecule has 1 aliphatic heterocycles. The maximum Gasteiger partial charge on any atom is 0.268 e. The van der Waals surface area contributed by atoms with Gasteiger partial charge >= 0.3 is 0 Å². The van der Waals surface area contributed by atoms with E-state index in [9.17, 15) is 13.6 Å². The summed E-state index contributed by atoms with van der Waals surface area (Å²) in [6.07, 6.45) is 2.05. The van der Waals surface area contributed by atoms with E-state index in [-0.39, 0.29) is 12.3 Å². The summed E-state index contributed by atoms with van der Waals surface area (Å²) < 4.78 is 30.0. The number of nitrogens with one attached hydrogen (secondary N) is 1. The third kappa shape index (κ3) is 3.01. The molecule has 9 heteroatoms. The van der Waals surface area contributed by atoms with Crippen LogP contribution in [0.1, 0.15) is 41.2 Å². The Labute approximate surface area is 171 Å². The van der Waals surface area contributed by atoms with Crippen molar-refractivity contribution in [2.45, 2.75) is 37.8 Å². The largest absolute Gasteiger partial charge is 0.340 e. The van der Waals surface area contributed by atoms with E-state index >= 15 is 0 Å². The van der Waals surface area contributed by atoms with Crippen LogP contribution >= 0.6 is 0 Å². The molecule has 0 bridgehead atoms. The van der Waals surface area contributed by atoms with Crippen LogP contribution in [0.25, 0.3) is 11.5 Å². The van der Waals surface area contributed by atoms with Crippen molar-refractivity contribution in [2.75, 3.05) is 12.4 Å². The van der Waals surface area contributed by atoms with Crippen molar-refractivity contribution >= 4 is 17.4 Å².